The minimum Gasteiger partial charge on any atom is -0.155 e. The van der Waals surface area contributed by atoms with E-state index in [1.54, 1.807) is 0 Å². The van der Waals surface area contributed by atoms with E-state index in [0.29, 0.717) is 0 Å². The van der Waals surface area contributed by atoms with E-state index in [1.165, 1.54) is 35.9 Å². The van der Waals surface area contributed by atoms with Crippen molar-refractivity contribution in [2.75, 3.05) is 0 Å². The topological polar surface area (TPSA) is 25.8 Å². The summed E-state index contributed by atoms with van der Waals surface area (Å²) in [5, 5.41) is 9.84. The monoisotopic (exact) mass is 184 g/mol. The van der Waals surface area contributed by atoms with Crippen LogP contribution in [0.3, 0.4) is 0 Å². The summed E-state index contributed by atoms with van der Waals surface area (Å²) in [4.78, 5) is 0. The van der Waals surface area contributed by atoms with Gasteiger partial charge in [-0.1, -0.05) is 18.2 Å². The summed E-state index contributed by atoms with van der Waals surface area (Å²) < 4.78 is 0. The normalized spacial score (nSPS) is 15.4. The van der Waals surface area contributed by atoms with Crippen molar-refractivity contribution >= 4 is 10.9 Å². The maximum absolute atomic E-state index is 4.30. The van der Waals surface area contributed by atoms with E-state index in [-0.39, 0.29) is 0 Å². The van der Waals surface area contributed by atoms with Crippen molar-refractivity contribution < 1.29 is 0 Å². The average Bonchev–Trinajstić information content (AvgIpc) is 2.29. The Hall–Kier alpha value is -1.44. The minimum absolute atomic E-state index is 1.04. The third-order valence-electron chi connectivity index (χ3n) is 2.95. The van der Waals surface area contributed by atoms with Crippen molar-refractivity contribution in [2.45, 2.75) is 25.7 Å². The SMILES string of the molecule is c1ccc2c3c(nnc2c1)CCCC3. The van der Waals surface area contributed by atoms with Gasteiger partial charge in [0.25, 0.3) is 0 Å². The van der Waals surface area contributed by atoms with Gasteiger partial charge in [0.15, 0.2) is 0 Å². The lowest BCUT2D eigenvalue weighted by Crippen LogP contribution is -2.07. The number of aryl methyl sites for hydroxylation is 2. The van der Waals surface area contributed by atoms with Crippen LogP contribution < -0.4 is 0 Å². The van der Waals surface area contributed by atoms with Crippen LogP contribution >= 0.6 is 0 Å². The predicted molar refractivity (Wildman–Crippen MR) is 56.2 cm³/mol. The van der Waals surface area contributed by atoms with E-state index < -0.39 is 0 Å². The molecule has 0 saturated carbocycles. The molecule has 0 unspecified atom stereocenters. The third kappa shape index (κ3) is 1.10. The van der Waals surface area contributed by atoms with Crippen molar-refractivity contribution in [1.82, 2.24) is 10.2 Å². The number of rotatable bonds is 0. The smallest absolute Gasteiger partial charge is 0.0932 e. The highest BCUT2D eigenvalue weighted by molar-refractivity contribution is 5.82. The second-order valence-corrected chi connectivity index (χ2v) is 3.85. The van der Waals surface area contributed by atoms with Crippen LogP contribution in [-0.4, -0.2) is 10.2 Å². The molecule has 0 aliphatic heterocycles. The molecular formula is C12H12N2. The van der Waals surface area contributed by atoms with Crippen molar-refractivity contribution in [3.05, 3.63) is 35.5 Å². The van der Waals surface area contributed by atoms with Gasteiger partial charge >= 0.3 is 0 Å². The van der Waals surface area contributed by atoms with E-state index in [0.717, 1.165) is 11.9 Å². The minimum atomic E-state index is 1.04. The van der Waals surface area contributed by atoms with Crippen molar-refractivity contribution in [2.24, 2.45) is 0 Å². The number of fused-ring (bicyclic) bond motifs is 3. The molecule has 0 amide bonds. The largest absolute Gasteiger partial charge is 0.155 e. The van der Waals surface area contributed by atoms with Crippen LogP contribution in [0.25, 0.3) is 10.9 Å². The lowest BCUT2D eigenvalue weighted by atomic mass is 9.93. The van der Waals surface area contributed by atoms with Crippen LogP contribution in [0.15, 0.2) is 24.3 Å². The molecule has 1 aromatic carbocycles. The van der Waals surface area contributed by atoms with Crippen molar-refractivity contribution in [3.8, 4) is 0 Å². The van der Waals surface area contributed by atoms with E-state index in [4.69, 9.17) is 0 Å². The van der Waals surface area contributed by atoms with Gasteiger partial charge in [-0.05, 0) is 37.3 Å². The Morgan fingerprint density at radius 3 is 2.79 bits per heavy atom. The van der Waals surface area contributed by atoms with Gasteiger partial charge in [0.1, 0.15) is 0 Å². The summed E-state index contributed by atoms with van der Waals surface area (Å²) in [5.74, 6) is 0. The molecular weight excluding hydrogens is 172 g/mol. The Morgan fingerprint density at radius 2 is 1.79 bits per heavy atom. The van der Waals surface area contributed by atoms with E-state index >= 15 is 0 Å². The molecule has 1 aliphatic rings. The van der Waals surface area contributed by atoms with E-state index in [1.807, 2.05) is 12.1 Å². The Labute approximate surface area is 83.0 Å². The zero-order valence-corrected chi connectivity index (χ0v) is 8.03. The summed E-state index contributed by atoms with van der Waals surface area (Å²) in [5.41, 5.74) is 3.69. The molecule has 70 valence electrons. The van der Waals surface area contributed by atoms with Crippen LogP contribution in [0.4, 0.5) is 0 Å². The number of benzene rings is 1. The fraction of sp³-hybridized carbons (Fsp3) is 0.333. The molecule has 3 rings (SSSR count). The van der Waals surface area contributed by atoms with Gasteiger partial charge in [-0.2, -0.15) is 10.2 Å². The number of hydrogen-bond acceptors (Lipinski definition) is 2. The summed E-state index contributed by atoms with van der Waals surface area (Å²) in [6.07, 6.45) is 4.83. The molecule has 0 bridgehead atoms. The van der Waals surface area contributed by atoms with Gasteiger partial charge in [-0.15, -0.1) is 0 Å². The first-order valence-electron chi connectivity index (χ1n) is 5.18. The summed E-state index contributed by atoms with van der Waals surface area (Å²) in [6.45, 7) is 0. The summed E-state index contributed by atoms with van der Waals surface area (Å²) >= 11 is 0. The van der Waals surface area contributed by atoms with Gasteiger partial charge in [0, 0.05) is 5.39 Å². The molecule has 2 aromatic rings. The lowest BCUT2D eigenvalue weighted by molar-refractivity contribution is 0.662. The van der Waals surface area contributed by atoms with Crippen LogP contribution in [0.5, 0.6) is 0 Å². The number of aromatic nitrogens is 2. The van der Waals surface area contributed by atoms with Gasteiger partial charge in [-0.25, -0.2) is 0 Å². The van der Waals surface area contributed by atoms with Crippen LogP contribution in [0.1, 0.15) is 24.1 Å². The van der Waals surface area contributed by atoms with Crippen molar-refractivity contribution in [1.29, 1.82) is 0 Å². The molecule has 2 nitrogen and oxygen atoms in total. The Kier molecular flexibility index (Phi) is 1.72. The Morgan fingerprint density at radius 1 is 0.929 bits per heavy atom. The highest BCUT2D eigenvalue weighted by Crippen LogP contribution is 2.25. The first kappa shape index (κ1) is 7.92. The molecule has 0 N–H and O–H groups in total. The molecule has 1 aliphatic carbocycles. The molecule has 0 atom stereocenters. The molecule has 0 radical (unpaired) electrons. The second-order valence-electron chi connectivity index (χ2n) is 3.85. The van der Waals surface area contributed by atoms with Crippen LogP contribution in [-0.2, 0) is 12.8 Å². The predicted octanol–water partition coefficient (Wildman–Crippen LogP) is 2.51. The molecule has 0 spiro atoms. The highest BCUT2D eigenvalue weighted by Gasteiger charge is 2.13. The highest BCUT2D eigenvalue weighted by atomic mass is 15.1. The van der Waals surface area contributed by atoms with Gasteiger partial charge in [0.05, 0.1) is 11.2 Å². The fourth-order valence-electron chi connectivity index (χ4n) is 2.22. The Balaban J connectivity index is 2.34. The molecule has 1 heterocycles. The maximum Gasteiger partial charge on any atom is 0.0932 e. The average molecular weight is 184 g/mol. The third-order valence-corrected chi connectivity index (χ3v) is 2.95. The molecule has 1 aromatic heterocycles. The maximum atomic E-state index is 4.30. The second kappa shape index (κ2) is 3.05. The van der Waals surface area contributed by atoms with Crippen LogP contribution in [0, 0.1) is 0 Å². The van der Waals surface area contributed by atoms with Gasteiger partial charge in [-0.3, -0.25) is 0 Å². The summed E-state index contributed by atoms with van der Waals surface area (Å²) in [6, 6.07) is 8.30. The zero-order valence-electron chi connectivity index (χ0n) is 8.03. The molecule has 2 heteroatoms. The molecule has 0 fully saturated rings. The van der Waals surface area contributed by atoms with E-state index in [9.17, 15) is 0 Å². The fourth-order valence-corrected chi connectivity index (χ4v) is 2.22. The quantitative estimate of drug-likeness (QED) is 0.628. The zero-order chi connectivity index (χ0) is 9.38. The lowest BCUT2D eigenvalue weighted by Gasteiger charge is -2.15. The first-order chi connectivity index (χ1) is 6.95. The molecule has 0 saturated heterocycles. The summed E-state index contributed by atoms with van der Waals surface area (Å²) in [7, 11) is 0. The number of nitrogens with zero attached hydrogens (tertiary/aromatic N) is 2. The van der Waals surface area contributed by atoms with Crippen LogP contribution in [0.2, 0.25) is 0 Å². The standard InChI is InChI=1S/C12H12N2/c1-3-7-11-9(5-1)10-6-2-4-8-12(10)14-13-11/h1,3,5,7H,2,4,6,8H2. The van der Waals surface area contributed by atoms with E-state index in [2.05, 4.69) is 22.3 Å². The van der Waals surface area contributed by atoms with Gasteiger partial charge in [0.2, 0.25) is 0 Å². The van der Waals surface area contributed by atoms with Gasteiger partial charge < -0.3 is 0 Å². The molecule has 14 heavy (non-hydrogen) atoms. The first-order valence-corrected chi connectivity index (χ1v) is 5.18. The van der Waals surface area contributed by atoms with Crippen molar-refractivity contribution in [3.63, 3.8) is 0 Å². The number of hydrogen-bond donors (Lipinski definition) is 0. The Bertz CT molecular complexity index is 477.